The standard InChI is InChI=1S/C25H30O5S/c1-16-6-9-20-24(2,18(16)8-7-17-11-13-29-22(17)27)12-10-21(25(20,3)15-26)30-23(28)19-5-4-14-31-19/h4-5,7,11,13-14,18,20-21,26H,1,6,8-10,12,15H2,2-3H3/b17-7+/t18-,20+,21-,24+,25+/m1/s1. The molecule has 1 aliphatic heterocycles. The van der Waals surface area contributed by atoms with Crippen molar-refractivity contribution in [3.8, 4) is 0 Å². The normalized spacial score (nSPS) is 36.4. The summed E-state index contributed by atoms with van der Waals surface area (Å²) in [4.78, 5) is 25.1. The van der Waals surface area contributed by atoms with E-state index in [0.29, 0.717) is 23.3 Å². The van der Waals surface area contributed by atoms with Crippen LogP contribution in [0.2, 0.25) is 0 Å². The molecule has 2 fully saturated rings. The Morgan fingerprint density at radius 2 is 2.23 bits per heavy atom. The molecule has 0 radical (unpaired) electrons. The number of fused-ring (bicyclic) bond motifs is 1. The fourth-order valence-electron chi connectivity index (χ4n) is 6.10. The van der Waals surface area contributed by atoms with Crippen molar-refractivity contribution in [3.05, 3.63) is 58.5 Å². The van der Waals surface area contributed by atoms with Gasteiger partial charge in [0.1, 0.15) is 11.0 Å². The van der Waals surface area contributed by atoms with Crippen LogP contribution in [0.1, 0.15) is 55.6 Å². The van der Waals surface area contributed by atoms with Crippen molar-refractivity contribution in [1.29, 1.82) is 0 Å². The molecule has 0 spiro atoms. The predicted molar refractivity (Wildman–Crippen MR) is 119 cm³/mol. The van der Waals surface area contributed by atoms with Crippen LogP contribution in [0, 0.1) is 22.7 Å². The third-order valence-corrected chi connectivity index (χ3v) is 8.71. The minimum absolute atomic E-state index is 0.0367. The third kappa shape index (κ3) is 3.80. The summed E-state index contributed by atoms with van der Waals surface area (Å²) in [6, 6.07) is 3.61. The summed E-state index contributed by atoms with van der Waals surface area (Å²) in [7, 11) is 0. The molecule has 0 unspecified atom stereocenters. The second kappa shape index (κ2) is 8.40. The van der Waals surface area contributed by atoms with Crippen LogP contribution in [0.15, 0.2) is 53.7 Å². The highest BCUT2D eigenvalue weighted by molar-refractivity contribution is 7.11. The van der Waals surface area contributed by atoms with Gasteiger partial charge in [0, 0.05) is 5.41 Å². The van der Waals surface area contributed by atoms with Crippen LogP contribution < -0.4 is 0 Å². The molecule has 5 atom stereocenters. The van der Waals surface area contributed by atoms with Crippen LogP contribution in [0.5, 0.6) is 0 Å². The van der Waals surface area contributed by atoms with E-state index in [1.165, 1.54) is 23.2 Å². The largest absolute Gasteiger partial charge is 0.458 e. The van der Waals surface area contributed by atoms with E-state index in [-0.39, 0.29) is 41.9 Å². The molecule has 0 saturated heterocycles. The quantitative estimate of drug-likeness (QED) is 0.393. The molecule has 2 aliphatic carbocycles. The van der Waals surface area contributed by atoms with Gasteiger partial charge >= 0.3 is 11.9 Å². The summed E-state index contributed by atoms with van der Waals surface area (Å²) in [5.41, 5.74) is 1.16. The number of carbonyl (C=O) groups excluding carboxylic acids is 2. The van der Waals surface area contributed by atoms with Gasteiger partial charge in [0.25, 0.3) is 0 Å². The molecule has 1 N–H and O–H groups in total. The minimum atomic E-state index is -0.530. The smallest absolute Gasteiger partial charge is 0.348 e. The van der Waals surface area contributed by atoms with E-state index < -0.39 is 5.41 Å². The number of ether oxygens (including phenoxy) is 2. The van der Waals surface area contributed by atoms with Gasteiger partial charge in [0.05, 0.1) is 18.4 Å². The molecule has 4 rings (SSSR count). The summed E-state index contributed by atoms with van der Waals surface area (Å²) in [6.45, 7) is 8.66. The molecule has 1 aromatic rings. The van der Waals surface area contributed by atoms with E-state index in [1.807, 2.05) is 17.5 Å². The molecule has 31 heavy (non-hydrogen) atoms. The maximum Gasteiger partial charge on any atom is 0.348 e. The van der Waals surface area contributed by atoms with Crippen molar-refractivity contribution in [2.24, 2.45) is 22.7 Å². The highest BCUT2D eigenvalue weighted by atomic mass is 32.1. The summed E-state index contributed by atoms with van der Waals surface area (Å²) in [5.74, 6) is -0.246. The second-order valence-electron chi connectivity index (χ2n) is 9.48. The Balaban J connectivity index is 1.58. The Labute approximate surface area is 187 Å². The maximum absolute atomic E-state index is 12.6. The van der Waals surface area contributed by atoms with Crippen molar-refractivity contribution in [2.75, 3.05) is 6.61 Å². The molecule has 0 amide bonds. The summed E-state index contributed by atoms with van der Waals surface area (Å²) >= 11 is 1.37. The zero-order valence-electron chi connectivity index (χ0n) is 18.1. The molecule has 2 saturated carbocycles. The van der Waals surface area contributed by atoms with Crippen molar-refractivity contribution in [2.45, 2.75) is 52.1 Å². The van der Waals surface area contributed by atoms with Crippen LogP contribution in [0.3, 0.4) is 0 Å². The Morgan fingerprint density at radius 3 is 2.87 bits per heavy atom. The fourth-order valence-corrected chi connectivity index (χ4v) is 6.70. The van der Waals surface area contributed by atoms with E-state index in [4.69, 9.17) is 9.47 Å². The number of rotatable bonds is 5. The van der Waals surface area contributed by atoms with Crippen LogP contribution >= 0.6 is 11.3 Å². The Hall–Kier alpha value is -2.18. The number of esters is 2. The number of thiophene rings is 1. The van der Waals surface area contributed by atoms with Crippen LogP contribution in [-0.4, -0.2) is 29.8 Å². The Kier molecular flexibility index (Phi) is 5.97. The first-order valence-electron chi connectivity index (χ1n) is 10.9. The molecule has 5 nitrogen and oxygen atoms in total. The van der Waals surface area contributed by atoms with E-state index in [1.54, 1.807) is 12.1 Å². The Morgan fingerprint density at radius 1 is 1.42 bits per heavy atom. The maximum atomic E-state index is 12.6. The third-order valence-electron chi connectivity index (χ3n) is 7.86. The highest BCUT2D eigenvalue weighted by Crippen LogP contribution is 2.62. The Bertz CT molecular complexity index is 930. The molecular formula is C25H30O5S. The van der Waals surface area contributed by atoms with Crippen molar-refractivity contribution in [1.82, 2.24) is 0 Å². The SMILES string of the molecule is C=C1CC[C@@H]2[C@](C)(CO)[C@H](OC(=O)c3cccs3)CC[C@@]2(C)[C@@H]1C/C=C1\C=COC1=O. The van der Waals surface area contributed by atoms with Crippen molar-refractivity contribution < 1.29 is 24.2 Å². The number of cyclic esters (lactones) is 1. The predicted octanol–water partition coefficient (Wildman–Crippen LogP) is 5.04. The molecule has 0 aromatic carbocycles. The first-order valence-corrected chi connectivity index (χ1v) is 11.8. The van der Waals surface area contributed by atoms with Crippen molar-refractivity contribution in [3.63, 3.8) is 0 Å². The summed E-state index contributed by atoms with van der Waals surface area (Å²) < 4.78 is 10.9. The van der Waals surface area contributed by atoms with Crippen molar-refractivity contribution >= 4 is 23.3 Å². The lowest BCUT2D eigenvalue weighted by atomic mass is 9.46. The average molecular weight is 443 g/mol. The first-order chi connectivity index (χ1) is 14.8. The number of allylic oxidation sites excluding steroid dienone is 2. The number of hydrogen-bond acceptors (Lipinski definition) is 6. The van der Waals surface area contributed by atoms with Gasteiger partial charge in [-0.3, -0.25) is 0 Å². The van der Waals surface area contributed by atoms with E-state index >= 15 is 0 Å². The number of carbonyl (C=O) groups is 2. The molecule has 2 heterocycles. The van der Waals surface area contributed by atoms with Crippen LogP contribution in [0.4, 0.5) is 0 Å². The molecule has 166 valence electrons. The number of hydrogen-bond donors (Lipinski definition) is 1. The zero-order chi connectivity index (χ0) is 22.2. The molecular weight excluding hydrogens is 412 g/mol. The highest BCUT2D eigenvalue weighted by Gasteiger charge is 2.58. The second-order valence-corrected chi connectivity index (χ2v) is 10.4. The van der Waals surface area contributed by atoms with E-state index in [0.717, 1.165) is 19.3 Å². The molecule has 0 bridgehead atoms. The monoisotopic (exact) mass is 442 g/mol. The molecule has 6 heteroatoms. The first kappa shape index (κ1) is 22.0. The van der Waals surface area contributed by atoms with Gasteiger partial charge in [-0.1, -0.05) is 38.1 Å². The van der Waals surface area contributed by atoms with Gasteiger partial charge in [-0.2, -0.15) is 0 Å². The topological polar surface area (TPSA) is 72.8 Å². The van der Waals surface area contributed by atoms with Crippen LogP contribution in [0.25, 0.3) is 0 Å². The van der Waals surface area contributed by atoms with E-state index in [2.05, 4.69) is 20.4 Å². The summed E-state index contributed by atoms with van der Waals surface area (Å²) in [5, 5.41) is 12.4. The average Bonchev–Trinajstić information content (AvgIpc) is 3.42. The lowest BCUT2D eigenvalue weighted by Gasteiger charge is -2.60. The molecule has 1 aromatic heterocycles. The van der Waals surface area contributed by atoms with Gasteiger partial charge in [-0.25, -0.2) is 9.59 Å². The lowest BCUT2D eigenvalue weighted by molar-refractivity contribution is -0.153. The van der Waals surface area contributed by atoms with E-state index in [9.17, 15) is 14.7 Å². The van der Waals surface area contributed by atoms with Gasteiger partial charge in [0.15, 0.2) is 0 Å². The van der Waals surface area contributed by atoms with Gasteiger partial charge in [0.2, 0.25) is 0 Å². The fraction of sp³-hybridized carbons (Fsp3) is 0.520. The summed E-state index contributed by atoms with van der Waals surface area (Å²) in [6.07, 6.45) is 8.81. The van der Waals surface area contributed by atoms with Gasteiger partial charge < -0.3 is 14.6 Å². The van der Waals surface area contributed by atoms with Crippen LogP contribution in [-0.2, 0) is 14.3 Å². The molecule has 3 aliphatic rings. The lowest BCUT2D eigenvalue weighted by Crippen LogP contribution is -2.58. The van der Waals surface area contributed by atoms with Gasteiger partial charge in [-0.05, 0) is 66.9 Å². The number of aliphatic hydroxyl groups excluding tert-OH is 1. The van der Waals surface area contributed by atoms with Gasteiger partial charge in [-0.15, -0.1) is 11.3 Å². The zero-order valence-corrected chi connectivity index (χ0v) is 19.0. The number of aliphatic hydroxyl groups is 1. The minimum Gasteiger partial charge on any atom is -0.458 e.